The highest BCUT2D eigenvalue weighted by Crippen LogP contribution is 2.28. The van der Waals surface area contributed by atoms with E-state index in [0.29, 0.717) is 11.1 Å². The molecule has 1 fully saturated rings. The van der Waals surface area contributed by atoms with E-state index >= 15 is 0 Å². The lowest BCUT2D eigenvalue weighted by Crippen LogP contribution is -2.42. The fraction of sp³-hybridized carbons (Fsp3) is 0.571. The van der Waals surface area contributed by atoms with Gasteiger partial charge in [0.2, 0.25) is 11.1 Å². The highest BCUT2D eigenvalue weighted by molar-refractivity contribution is 8.00. The van der Waals surface area contributed by atoms with Crippen molar-refractivity contribution in [2.24, 2.45) is 5.92 Å². The maximum Gasteiger partial charge on any atom is 0.235 e. The number of carbonyl (C=O) groups is 1. The fourth-order valence-electron chi connectivity index (χ4n) is 3.64. The van der Waals surface area contributed by atoms with Crippen LogP contribution in [0.2, 0.25) is 0 Å². The number of amides is 1. The second-order valence-electron chi connectivity index (χ2n) is 8.64. The number of likely N-dealkylation sites (tertiary alicyclic amines) is 1. The molecule has 1 unspecified atom stereocenters. The van der Waals surface area contributed by atoms with Gasteiger partial charge in [0.25, 0.3) is 0 Å². The summed E-state index contributed by atoms with van der Waals surface area (Å²) < 4.78 is 1.51. The number of benzene rings is 1. The topological polar surface area (TPSA) is 77.0 Å². The molecule has 3 rings (SSSR count). The standard InChI is InChI=1S/C21H31N5OS/c1-15(28-20-24-23-19(26(20)22)21(2,3)4)18(27)25-12-10-17(11-13-25)14-16-8-6-5-7-9-16/h5-9,15,17H,10-14,22H2,1-4H3. The average molecular weight is 402 g/mol. The zero-order valence-electron chi connectivity index (χ0n) is 17.3. The minimum Gasteiger partial charge on any atom is -0.342 e. The van der Waals surface area contributed by atoms with Crippen LogP contribution in [0, 0.1) is 5.92 Å². The van der Waals surface area contributed by atoms with Crippen LogP contribution in [0.1, 0.15) is 51.9 Å². The molecule has 28 heavy (non-hydrogen) atoms. The molecule has 1 aliphatic heterocycles. The van der Waals surface area contributed by atoms with E-state index in [2.05, 4.69) is 40.5 Å². The van der Waals surface area contributed by atoms with Gasteiger partial charge in [-0.05, 0) is 37.7 Å². The molecule has 1 amide bonds. The number of hydrogen-bond donors (Lipinski definition) is 1. The van der Waals surface area contributed by atoms with Crippen LogP contribution in [0.15, 0.2) is 35.5 Å². The summed E-state index contributed by atoms with van der Waals surface area (Å²) in [6.45, 7) is 9.71. The fourth-order valence-corrected chi connectivity index (χ4v) is 4.49. The van der Waals surface area contributed by atoms with Crippen LogP contribution >= 0.6 is 11.8 Å². The van der Waals surface area contributed by atoms with Gasteiger partial charge in [-0.1, -0.05) is 62.9 Å². The molecular formula is C21H31N5OS. The van der Waals surface area contributed by atoms with Crippen molar-refractivity contribution >= 4 is 17.7 Å². The first-order chi connectivity index (χ1) is 13.3. The minimum absolute atomic E-state index is 0.156. The second kappa shape index (κ2) is 8.55. The maximum atomic E-state index is 12.9. The van der Waals surface area contributed by atoms with Crippen LogP contribution in [0.25, 0.3) is 0 Å². The summed E-state index contributed by atoms with van der Waals surface area (Å²) in [5, 5.41) is 8.75. The Hall–Kier alpha value is -2.02. The van der Waals surface area contributed by atoms with Crippen LogP contribution in [-0.4, -0.2) is 44.0 Å². The van der Waals surface area contributed by atoms with Crippen LogP contribution in [-0.2, 0) is 16.6 Å². The second-order valence-corrected chi connectivity index (χ2v) is 9.95. The molecule has 0 radical (unpaired) electrons. The van der Waals surface area contributed by atoms with E-state index in [1.54, 1.807) is 0 Å². The van der Waals surface area contributed by atoms with Crippen LogP contribution < -0.4 is 5.84 Å². The predicted octanol–water partition coefficient (Wildman–Crippen LogP) is 3.25. The lowest BCUT2D eigenvalue weighted by Gasteiger charge is -2.33. The highest BCUT2D eigenvalue weighted by atomic mass is 32.2. The Morgan fingerprint density at radius 2 is 1.86 bits per heavy atom. The summed E-state index contributed by atoms with van der Waals surface area (Å²) in [4.78, 5) is 14.9. The van der Waals surface area contributed by atoms with Gasteiger partial charge in [-0.3, -0.25) is 4.79 Å². The molecule has 152 valence electrons. The number of thioether (sulfide) groups is 1. The number of carbonyl (C=O) groups excluding carboxylic acids is 1. The number of nitrogens with two attached hydrogens (primary N) is 1. The molecule has 0 saturated carbocycles. The van der Waals surface area contributed by atoms with Crippen molar-refractivity contribution < 1.29 is 4.79 Å². The van der Waals surface area contributed by atoms with Gasteiger partial charge in [0, 0.05) is 18.5 Å². The zero-order chi connectivity index (χ0) is 20.3. The van der Waals surface area contributed by atoms with Gasteiger partial charge in [0.15, 0.2) is 5.82 Å². The van der Waals surface area contributed by atoms with E-state index in [0.717, 1.165) is 38.2 Å². The third-order valence-electron chi connectivity index (χ3n) is 5.26. The Labute approximate surface area is 171 Å². The monoisotopic (exact) mass is 401 g/mol. The summed E-state index contributed by atoms with van der Waals surface area (Å²) in [5.41, 5.74) is 1.20. The highest BCUT2D eigenvalue weighted by Gasteiger charge is 2.29. The Morgan fingerprint density at radius 1 is 1.21 bits per heavy atom. The third kappa shape index (κ3) is 4.87. The average Bonchev–Trinajstić information content (AvgIpc) is 3.03. The molecule has 2 aromatic rings. The SMILES string of the molecule is CC(Sc1nnc(C(C)(C)C)n1N)C(=O)N1CCC(Cc2ccccc2)CC1. The van der Waals surface area contributed by atoms with Crippen molar-refractivity contribution in [1.82, 2.24) is 19.8 Å². The smallest absolute Gasteiger partial charge is 0.235 e. The number of hydrogen-bond acceptors (Lipinski definition) is 5. The summed E-state index contributed by atoms with van der Waals surface area (Å²) in [7, 11) is 0. The van der Waals surface area contributed by atoms with Gasteiger partial charge < -0.3 is 10.7 Å². The number of piperidine rings is 1. The molecule has 7 heteroatoms. The van der Waals surface area contributed by atoms with Crippen molar-refractivity contribution in [2.75, 3.05) is 18.9 Å². The first kappa shape index (κ1) is 20.7. The Bertz CT molecular complexity index is 791. The van der Waals surface area contributed by atoms with E-state index in [1.807, 2.05) is 32.6 Å². The van der Waals surface area contributed by atoms with E-state index in [1.165, 1.54) is 22.0 Å². The molecule has 1 aliphatic rings. The van der Waals surface area contributed by atoms with Gasteiger partial charge in [-0.15, -0.1) is 10.2 Å². The first-order valence-corrected chi connectivity index (χ1v) is 10.8. The summed E-state index contributed by atoms with van der Waals surface area (Å²) >= 11 is 1.39. The van der Waals surface area contributed by atoms with Crippen molar-refractivity contribution in [3.63, 3.8) is 0 Å². The van der Waals surface area contributed by atoms with Crippen molar-refractivity contribution in [3.05, 3.63) is 41.7 Å². The molecule has 0 bridgehead atoms. The van der Waals surface area contributed by atoms with Crippen molar-refractivity contribution in [3.8, 4) is 0 Å². The van der Waals surface area contributed by atoms with Crippen LogP contribution in [0.5, 0.6) is 0 Å². The molecule has 1 aromatic heterocycles. The van der Waals surface area contributed by atoms with E-state index in [9.17, 15) is 4.79 Å². The number of aromatic nitrogens is 3. The van der Waals surface area contributed by atoms with Crippen LogP contribution in [0.4, 0.5) is 0 Å². The lowest BCUT2D eigenvalue weighted by atomic mass is 9.90. The zero-order valence-corrected chi connectivity index (χ0v) is 18.1. The van der Waals surface area contributed by atoms with Gasteiger partial charge in [-0.2, -0.15) is 0 Å². The third-order valence-corrected chi connectivity index (χ3v) is 6.30. The Morgan fingerprint density at radius 3 is 2.43 bits per heavy atom. The number of rotatable bonds is 5. The molecule has 1 aromatic carbocycles. The first-order valence-electron chi connectivity index (χ1n) is 9.96. The van der Waals surface area contributed by atoms with Crippen molar-refractivity contribution in [2.45, 2.75) is 62.8 Å². The predicted molar refractivity (Wildman–Crippen MR) is 114 cm³/mol. The molecule has 2 N–H and O–H groups in total. The Balaban J connectivity index is 1.53. The Kier molecular flexibility index (Phi) is 6.33. The summed E-state index contributed by atoms with van der Waals surface area (Å²) in [6.07, 6.45) is 3.21. The lowest BCUT2D eigenvalue weighted by molar-refractivity contribution is -0.131. The van der Waals surface area contributed by atoms with Gasteiger partial charge >= 0.3 is 0 Å². The largest absolute Gasteiger partial charge is 0.342 e. The molecule has 0 aliphatic carbocycles. The molecular weight excluding hydrogens is 370 g/mol. The number of nitrogen functional groups attached to an aromatic ring is 1. The molecule has 2 heterocycles. The molecule has 0 spiro atoms. The van der Waals surface area contributed by atoms with E-state index in [4.69, 9.17) is 5.84 Å². The normalized spacial score (nSPS) is 16.9. The van der Waals surface area contributed by atoms with Crippen molar-refractivity contribution in [1.29, 1.82) is 0 Å². The van der Waals surface area contributed by atoms with Gasteiger partial charge in [0.1, 0.15) is 0 Å². The summed E-state index contributed by atoms with van der Waals surface area (Å²) in [5.74, 6) is 7.68. The minimum atomic E-state index is -0.231. The number of nitrogens with zero attached hydrogens (tertiary/aromatic N) is 4. The molecule has 6 nitrogen and oxygen atoms in total. The van der Waals surface area contributed by atoms with Crippen LogP contribution in [0.3, 0.4) is 0 Å². The van der Waals surface area contributed by atoms with E-state index in [-0.39, 0.29) is 16.6 Å². The maximum absolute atomic E-state index is 12.9. The molecule has 1 saturated heterocycles. The van der Waals surface area contributed by atoms with E-state index < -0.39 is 0 Å². The van der Waals surface area contributed by atoms with Gasteiger partial charge in [-0.25, -0.2) is 4.68 Å². The summed E-state index contributed by atoms with van der Waals surface area (Å²) in [6, 6.07) is 10.6. The van der Waals surface area contributed by atoms with Gasteiger partial charge in [0.05, 0.1) is 5.25 Å². The quantitative estimate of drug-likeness (QED) is 0.615. The molecule has 1 atom stereocenters.